The van der Waals surface area contributed by atoms with E-state index in [0.717, 1.165) is 29.5 Å². The molecule has 8 nitrogen and oxygen atoms in total. The molecule has 2 aromatic heterocycles. The standard InChI is InChI=1S/C19H19N5O3/c1-20-18(27)16-17(26)15(25)10-24(23-16)11-19(6-7-19)14-4-2-12(3-5-14)13-8-21-22-9-13/h2-5,8-10,25H,6-7,11H2,1H3,(H,20,27)(H,21,22). The van der Waals surface area contributed by atoms with Gasteiger partial charge in [-0.2, -0.15) is 10.2 Å². The van der Waals surface area contributed by atoms with Gasteiger partial charge in [0.2, 0.25) is 0 Å². The number of hydrogen-bond acceptors (Lipinski definition) is 5. The zero-order valence-corrected chi connectivity index (χ0v) is 14.8. The summed E-state index contributed by atoms with van der Waals surface area (Å²) in [4.78, 5) is 23.8. The fourth-order valence-electron chi connectivity index (χ4n) is 3.30. The molecule has 2 heterocycles. The molecule has 3 aromatic rings. The third kappa shape index (κ3) is 3.10. The van der Waals surface area contributed by atoms with Gasteiger partial charge < -0.3 is 10.4 Å². The molecular weight excluding hydrogens is 346 g/mol. The Morgan fingerprint density at radius 2 is 2.04 bits per heavy atom. The number of nitrogens with zero attached hydrogens (tertiary/aromatic N) is 3. The van der Waals surface area contributed by atoms with Crippen molar-refractivity contribution in [2.45, 2.75) is 24.8 Å². The predicted octanol–water partition coefficient (Wildman–Crippen LogP) is 1.43. The van der Waals surface area contributed by atoms with Crippen molar-refractivity contribution in [3.8, 4) is 16.9 Å². The van der Waals surface area contributed by atoms with Crippen LogP contribution in [0.4, 0.5) is 0 Å². The van der Waals surface area contributed by atoms with Crippen LogP contribution in [0, 0.1) is 0 Å². The monoisotopic (exact) mass is 365 g/mol. The fourth-order valence-corrected chi connectivity index (χ4v) is 3.30. The maximum absolute atomic E-state index is 11.9. The minimum atomic E-state index is -0.764. The highest BCUT2D eigenvalue weighted by atomic mass is 16.3. The Labute approximate surface area is 154 Å². The Morgan fingerprint density at radius 3 is 2.63 bits per heavy atom. The van der Waals surface area contributed by atoms with Gasteiger partial charge in [-0.25, -0.2) is 0 Å². The number of benzene rings is 1. The van der Waals surface area contributed by atoms with Crippen molar-refractivity contribution < 1.29 is 9.90 Å². The molecule has 1 amide bonds. The number of H-pyrrole nitrogens is 1. The van der Waals surface area contributed by atoms with Gasteiger partial charge in [-0.15, -0.1) is 0 Å². The van der Waals surface area contributed by atoms with E-state index in [4.69, 9.17) is 0 Å². The lowest BCUT2D eigenvalue weighted by Crippen LogP contribution is -2.30. The van der Waals surface area contributed by atoms with Crippen molar-refractivity contribution >= 4 is 5.91 Å². The Hall–Kier alpha value is -3.42. The summed E-state index contributed by atoms with van der Waals surface area (Å²) in [5, 5.41) is 23.2. The SMILES string of the molecule is CNC(=O)c1nn(CC2(c3ccc(-c4cn[nH]c4)cc3)CC2)cc(O)c1=O. The molecule has 0 spiro atoms. The first-order chi connectivity index (χ1) is 13.0. The molecule has 1 aromatic carbocycles. The second kappa shape index (κ2) is 6.39. The van der Waals surface area contributed by atoms with Gasteiger partial charge in [0.05, 0.1) is 18.9 Å². The average molecular weight is 365 g/mol. The molecule has 0 unspecified atom stereocenters. The predicted molar refractivity (Wildman–Crippen MR) is 98.5 cm³/mol. The van der Waals surface area contributed by atoms with E-state index >= 15 is 0 Å². The van der Waals surface area contributed by atoms with E-state index in [2.05, 4.69) is 32.7 Å². The first-order valence-corrected chi connectivity index (χ1v) is 8.65. The Bertz CT molecular complexity index is 1030. The number of hydrogen-bond donors (Lipinski definition) is 3. The van der Waals surface area contributed by atoms with Gasteiger partial charge in [-0.1, -0.05) is 24.3 Å². The molecule has 0 atom stereocenters. The van der Waals surface area contributed by atoms with Crippen LogP contribution in [0.2, 0.25) is 0 Å². The number of carbonyl (C=O) groups is 1. The topological polar surface area (TPSA) is 113 Å². The molecule has 1 aliphatic carbocycles. The van der Waals surface area contributed by atoms with E-state index in [1.807, 2.05) is 18.3 Å². The second-order valence-corrected chi connectivity index (χ2v) is 6.81. The van der Waals surface area contributed by atoms with Gasteiger partial charge in [0.15, 0.2) is 11.4 Å². The first kappa shape index (κ1) is 17.0. The quantitative estimate of drug-likeness (QED) is 0.633. The summed E-state index contributed by atoms with van der Waals surface area (Å²) in [6, 6.07) is 8.26. The molecule has 0 bridgehead atoms. The molecular formula is C19H19N5O3. The summed E-state index contributed by atoms with van der Waals surface area (Å²) in [5.41, 5.74) is 2.08. The Morgan fingerprint density at radius 1 is 1.30 bits per heavy atom. The minimum absolute atomic E-state index is 0.108. The van der Waals surface area contributed by atoms with Crippen LogP contribution in [0.1, 0.15) is 28.9 Å². The van der Waals surface area contributed by atoms with Gasteiger partial charge in [0.25, 0.3) is 11.3 Å². The van der Waals surface area contributed by atoms with Crippen molar-refractivity contribution in [3.63, 3.8) is 0 Å². The number of aromatic hydroxyl groups is 1. The second-order valence-electron chi connectivity index (χ2n) is 6.81. The van der Waals surface area contributed by atoms with E-state index in [-0.39, 0.29) is 11.1 Å². The summed E-state index contributed by atoms with van der Waals surface area (Å²) in [6.07, 6.45) is 6.85. The van der Waals surface area contributed by atoms with Gasteiger partial charge in [-0.05, 0) is 24.0 Å². The molecule has 27 heavy (non-hydrogen) atoms. The lowest BCUT2D eigenvalue weighted by Gasteiger charge is -2.18. The molecule has 0 radical (unpaired) electrons. The zero-order chi connectivity index (χ0) is 19.0. The zero-order valence-electron chi connectivity index (χ0n) is 14.8. The normalized spacial score (nSPS) is 14.7. The van der Waals surface area contributed by atoms with Crippen LogP contribution in [-0.2, 0) is 12.0 Å². The van der Waals surface area contributed by atoms with Gasteiger partial charge >= 0.3 is 0 Å². The third-order valence-corrected chi connectivity index (χ3v) is 5.04. The molecule has 8 heteroatoms. The maximum atomic E-state index is 11.9. The first-order valence-electron chi connectivity index (χ1n) is 8.65. The molecule has 138 valence electrons. The lowest BCUT2D eigenvalue weighted by molar-refractivity contribution is 0.0953. The van der Waals surface area contributed by atoms with Crippen molar-refractivity contribution in [3.05, 3.63) is 64.3 Å². The van der Waals surface area contributed by atoms with Crippen LogP contribution < -0.4 is 10.7 Å². The van der Waals surface area contributed by atoms with Crippen molar-refractivity contribution in [2.24, 2.45) is 0 Å². The molecule has 3 N–H and O–H groups in total. The lowest BCUT2D eigenvalue weighted by atomic mass is 9.94. The van der Waals surface area contributed by atoms with E-state index in [1.165, 1.54) is 17.9 Å². The number of carbonyl (C=O) groups excluding carboxylic acids is 1. The molecule has 1 fully saturated rings. The summed E-state index contributed by atoms with van der Waals surface area (Å²) in [7, 11) is 1.42. The summed E-state index contributed by atoms with van der Waals surface area (Å²) in [5.74, 6) is -1.09. The van der Waals surface area contributed by atoms with Crippen molar-refractivity contribution in [2.75, 3.05) is 7.05 Å². The van der Waals surface area contributed by atoms with Crippen LogP contribution in [0.3, 0.4) is 0 Å². The number of nitrogens with one attached hydrogen (secondary N) is 2. The van der Waals surface area contributed by atoms with Gasteiger partial charge in [0, 0.05) is 24.2 Å². The Kier molecular flexibility index (Phi) is 4.02. The van der Waals surface area contributed by atoms with Crippen LogP contribution in [0.5, 0.6) is 5.75 Å². The molecule has 0 aliphatic heterocycles. The molecule has 4 rings (SSSR count). The summed E-state index contributed by atoms with van der Waals surface area (Å²) >= 11 is 0. The molecule has 0 saturated heterocycles. The van der Waals surface area contributed by atoms with Crippen molar-refractivity contribution in [1.82, 2.24) is 25.3 Å². The van der Waals surface area contributed by atoms with E-state index in [1.54, 1.807) is 6.20 Å². The minimum Gasteiger partial charge on any atom is -0.503 e. The average Bonchev–Trinajstić information content (AvgIpc) is 3.25. The molecule has 1 aliphatic rings. The van der Waals surface area contributed by atoms with Gasteiger partial charge in [-0.3, -0.25) is 19.4 Å². The highest BCUT2D eigenvalue weighted by molar-refractivity contribution is 5.92. The Balaban J connectivity index is 1.62. The van der Waals surface area contributed by atoms with Gasteiger partial charge in [0.1, 0.15) is 0 Å². The third-order valence-electron chi connectivity index (χ3n) is 5.04. The van der Waals surface area contributed by atoms with Crippen LogP contribution in [0.25, 0.3) is 11.1 Å². The summed E-state index contributed by atoms with van der Waals surface area (Å²) in [6.45, 7) is 0.482. The highest BCUT2D eigenvalue weighted by Gasteiger charge is 2.44. The van der Waals surface area contributed by atoms with E-state index < -0.39 is 17.1 Å². The van der Waals surface area contributed by atoms with Crippen LogP contribution in [0.15, 0.2) is 47.7 Å². The largest absolute Gasteiger partial charge is 0.503 e. The smallest absolute Gasteiger partial charge is 0.275 e. The molecule has 1 saturated carbocycles. The van der Waals surface area contributed by atoms with Crippen LogP contribution >= 0.6 is 0 Å². The van der Waals surface area contributed by atoms with E-state index in [0.29, 0.717) is 6.54 Å². The number of aromatic nitrogens is 4. The number of aromatic amines is 1. The van der Waals surface area contributed by atoms with Crippen LogP contribution in [-0.4, -0.2) is 38.0 Å². The fraction of sp³-hybridized carbons (Fsp3) is 0.263. The number of amides is 1. The highest BCUT2D eigenvalue weighted by Crippen LogP contribution is 2.49. The van der Waals surface area contributed by atoms with E-state index in [9.17, 15) is 14.7 Å². The van der Waals surface area contributed by atoms with Crippen molar-refractivity contribution in [1.29, 1.82) is 0 Å². The summed E-state index contributed by atoms with van der Waals surface area (Å²) < 4.78 is 1.48. The number of rotatable bonds is 5. The maximum Gasteiger partial charge on any atom is 0.275 e.